The van der Waals surface area contributed by atoms with Gasteiger partial charge in [0.05, 0.1) is 25.1 Å². The summed E-state index contributed by atoms with van der Waals surface area (Å²) in [5, 5.41) is 8.34. The summed E-state index contributed by atoms with van der Waals surface area (Å²) in [7, 11) is 2.11. The maximum absolute atomic E-state index is 6.04. The zero-order valence-corrected chi connectivity index (χ0v) is 13.7. The molecule has 2 fully saturated rings. The van der Waals surface area contributed by atoms with Crippen LogP contribution in [0.5, 0.6) is 5.75 Å². The van der Waals surface area contributed by atoms with Gasteiger partial charge in [0.15, 0.2) is 6.29 Å². The average Bonchev–Trinajstić information content (AvgIpc) is 3.27. The number of nitrogens with zero attached hydrogens (tertiary/aromatic N) is 3. The number of likely N-dealkylation sites (tertiary alicyclic amines) is 1. The SMILES string of the molecule is CN1CCC(Oc2cnnc(-c3cccc(C4OCCO4)c3)c2)C1. The van der Waals surface area contributed by atoms with Gasteiger partial charge in [0.1, 0.15) is 11.9 Å². The van der Waals surface area contributed by atoms with E-state index in [1.54, 1.807) is 6.20 Å². The van der Waals surface area contributed by atoms with E-state index in [4.69, 9.17) is 14.2 Å². The maximum Gasteiger partial charge on any atom is 0.184 e. The third-order valence-electron chi connectivity index (χ3n) is 4.36. The van der Waals surface area contributed by atoms with Gasteiger partial charge in [-0.05, 0) is 19.5 Å². The molecule has 0 aliphatic carbocycles. The van der Waals surface area contributed by atoms with Crippen LogP contribution in [0, 0.1) is 0 Å². The van der Waals surface area contributed by atoms with Gasteiger partial charge in [0.25, 0.3) is 0 Å². The van der Waals surface area contributed by atoms with Crippen molar-refractivity contribution in [3.63, 3.8) is 0 Å². The van der Waals surface area contributed by atoms with Gasteiger partial charge in [-0.2, -0.15) is 10.2 Å². The number of rotatable bonds is 4. The molecule has 6 nitrogen and oxygen atoms in total. The minimum absolute atomic E-state index is 0.221. The molecule has 0 amide bonds. The lowest BCUT2D eigenvalue weighted by atomic mass is 10.1. The zero-order valence-electron chi connectivity index (χ0n) is 13.7. The van der Waals surface area contributed by atoms with Gasteiger partial charge < -0.3 is 19.1 Å². The number of benzene rings is 1. The number of ether oxygens (including phenoxy) is 3. The van der Waals surface area contributed by atoms with Crippen molar-refractivity contribution in [3.8, 4) is 17.0 Å². The van der Waals surface area contributed by atoms with E-state index >= 15 is 0 Å². The highest BCUT2D eigenvalue weighted by Gasteiger charge is 2.22. The quantitative estimate of drug-likeness (QED) is 0.859. The van der Waals surface area contributed by atoms with Gasteiger partial charge in [-0.25, -0.2) is 0 Å². The van der Waals surface area contributed by atoms with Crippen LogP contribution in [0.2, 0.25) is 0 Å². The molecule has 2 aromatic rings. The summed E-state index contributed by atoms with van der Waals surface area (Å²) in [6.07, 6.45) is 2.65. The van der Waals surface area contributed by atoms with Gasteiger partial charge >= 0.3 is 0 Å². The summed E-state index contributed by atoms with van der Waals surface area (Å²) >= 11 is 0. The van der Waals surface area contributed by atoms with E-state index in [2.05, 4.69) is 22.1 Å². The normalized spacial score (nSPS) is 22.1. The Morgan fingerprint density at radius 1 is 1.21 bits per heavy atom. The second kappa shape index (κ2) is 6.84. The Labute approximate surface area is 141 Å². The van der Waals surface area contributed by atoms with Crippen molar-refractivity contribution in [2.75, 3.05) is 33.4 Å². The summed E-state index contributed by atoms with van der Waals surface area (Å²) in [6, 6.07) is 9.97. The fourth-order valence-electron chi connectivity index (χ4n) is 3.13. The average molecular weight is 327 g/mol. The van der Waals surface area contributed by atoms with Crippen LogP contribution in [0.3, 0.4) is 0 Å². The van der Waals surface area contributed by atoms with Gasteiger partial charge in [-0.1, -0.05) is 18.2 Å². The first-order valence-electron chi connectivity index (χ1n) is 8.29. The molecule has 6 heteroatoms. The summed E-state index contributed by atoms with van der Waals surface area (Å²) in [5.41, 5.74) is 2.77. The Morgan fingerprint density at radius 3 is 2.88 bits per heavy atom. The lowest BCUT2D eigenvalue weighted by Gasteiger charge is -2.14. The minimum Gasteiger partial charge on any atom is -0.487 e. The molecule has 0 spiro atoms. The number of likely N-dealkylation sites (N-methyl/N-ethyl adjacent to an activating group) is 1. The standard InChI is InChI=1S/C18H21N3O3/c1-21-6-5-15(12-21)24-16-10-17(20-19-11-16)13-3-2-4-14(9-13)18-22-7-8-23-18/h2-4,9-11,15,18H,5-8,12H2,1H3. The zero-order chi connectivity index (χ0) is 16.4. The summed E-state index contributed by atoms with van der Waals surface area (Å²) < 4.78 is 17.2. The fourth-order valence-corrected chi connectivity index (χ4v) is 3.13. The molecular weight excluding hydrogens is 306 g/mol. The molecule has 24 heavy (non-hydrogen) atoms. The number of hydrogen-bond acceptors (Lipinski definition) is 6. The van der Waals surface area contributed by atoms with Gasteiger partial charge in [-0.3, -0.25) is 0 Å². The van der Waals surface area contributed by atoms with Crippen molar-refractivity contribution >= 4 is 0 Å². The molecule has 3 heterocycles. The molecule has 0 radical (unpaired) electrons. The molecule has 1 aromatic carbocycles. The highest BCUT2D eigenvalue weighted by molar-refractivity contribution is 5.61. The van der Waals surface area contributed by atoms with Crippen LogP contribution in [0.25, 0.3) is 11.3 Å². The summed E-state index contributed by atoms with van der Waals surface area (Å²) in [5.74, 6) is 0.763. The smallest absolute Gasteiger partial charge is 0.184 e. The third-order valence-corrected chi connectivity index (χ3v) is 4.36. The van der Waals surface area contributed by atoms with Crippen LogP contribution in [0.15, 0.2) is 36.5 Å². The molecule has 0 bridgehead atoms. The second-order valence-corrected chi connectivity index (χ2v) is 6.27. The molecule has 0 saturated carbocycles. The second-order valence-electron chi connectivity index (χ2n) is 6.27. The third kappa shape index (κ3) is 3.40. The van der Waals surface area contributed by atoms with Crippen molar-refractivity contribution in [1.82, 2.24) is 15.1 Å². The van der Waals surface area contributed by atoms with Crippen molar-refractivity contribution in [3.05, 3.63) is 42.1 Å². The Hall–Kier alpha value is -2.02. The van der Waals surface area contributed by atoms with Crippen molar-refractivity contribution in [1.29, 1.82) is 0 Å². The first-order chi connectivity index (χ1) is 11.8. The van der Waals surface area contributed by atoms with E-state index in [-0.39, 0.29) is 12.4 Å². The lowest BCUT2D eigenvalue weighted by molar-refractivity contribution is -0.0440. The largest absolute Gasteiger partial charge is 0.487 e. The van der Waals surface area contributed by atoms with Crippen LogP contribution in [-0.2, 0) is 9.47 Å². The van der Waals surface area contributed by atoms with Crippen molar-refractivity contribution < 1.29 is 14.2 Å². The van der Waals surface area contributed by atoms with Crippen LogP contribution in [0.4, 0.5) is 0 Å². The monoisotopic (exact) mass is 327 g/mol. The van der Waals surface area contributed by atoms with Crippen LogP contribution >= 0.6 is 0 Å². The fraction of sp³-hybridized carbons (Fsp3) is 0.444. The first-order valence-corrected chi connectivity index (χ1v) is 8.29. The van der Waals surface area contributed by atoms with E-state index in [1.165, 1.54) is 0 Å². The topological polar surface area (TPSA) is 56.7 Å². The predicted octanol–water partition coefficient (Wildman–Crippen LogP) is 2.27. The number of hydrogen-bond donors (Lipinski definition) is 0. The van der Waals surface area contributed by atoms with Gasteiger partial charge in [0, 0.05) is 30.3 Å². The first kappa shape index (κ1) is 15.5. The molecule has 2 aliphatic rings. The minimum atomic E-state index is -0.286. The molecule has 1 aromatic heterocycles. The Morgan fingerprint density at radius 2 is 2.08 bits per heavy atom. The maximum atomic E-state index is 6.04. The molecule has 4 rings (SSSR count). The van der Waals surface area contributed by atoms with E-state index in [1.807, 2.05) is 30.3 Å². The Kier molecular flexibility index (Phi) is 4.42. The van der Waals surface area contributed by atoms with Crippen LogP contribution in [-0.4, -0.2) is 54.6 Å². The molecule has 1 atom stereocenters. The Balaban J connectivity index is 1.53. The van der Waals surface area contributed by atoms with E-state index in [9.17, 15) is 0 Å². The van der Waals surface area contributed by atoms with E-state index in [0.29, 0.717) is 13.2 Å². The molecule has 2 aliphatic heterocycles. The highest BCUT2D eigenvalue weighted by Crippen LogP contribution is 2.28. The van der Waals surface area contributed by atoms with Gasteiger partial charge in [0.2, 0.25) is 0 Å². The molecule has 126 valence electrons. The Bertz CT molecular complexity index is 703. The number of aromatic nitrogens is 2. The molecule has 0 N–H and O–H groups in total. The van der Waals surface area contributed by atoms with Crippen LogP contribution in [0.1, 0.15) is 18.3 Å². The van der Waals surface area contributed by atoms with E-state index < -0.39 is 0 Å². The summed E-state index contributed by atoms with van der Waals surface area (Å²) in [4.78, 5) is 2.27. The summed E-state index contributed by atoms with van der Waals surface area (Å²) in [6.45, 7) is 3.28. The predicted molar refractivity (Wildman–Crippen MR) is 88.6 cm³/mol. The lowest BCUT2D eigenvalue weighted by Crippen LogP contribution is -2.21. The molecule has 1 unspecified atom stereocenters. The van der Waals surface area contributed by atoms with Crippen molar-refractivity contribution in [2.45, 2.75) is 18.8 Å². The molecule has 2 saturated heterocycles. The van der Waals surface area contributed by atoms with Gasteiger partial charge in [-0.15, -0.1) is 0 Å². The molecular formula is C18H21N3O3. The van der Waals surface area contributed by atoms with Crippen LogP contribution < -0.4 is 4.74 Å². The van der Waals surface area contributed by atoms with Crippen molar-refractivity contribution in [2.24, 2.45) is 0 Å². The van der Waals surface area contributed by atoms with E-state index in [0.717, 1.165) is 42.1 Å². The highest BCUT2D eigenvalue weighted by atomic mass is 16.7.